The Balaban J connectivity index is 4.47. The molecule has 1 unspecified atom stereocenters. The van der Waals surface area contributed by atoms with Crippen molar-refractivity contribution in [3.8, 4) is 0 Å². The quantitative estimate of drug-likeness (QED) is 0.0262. The fourth-order valence-electron chi connectivity index (χ4n) is 6.82. The molecule has 0 heterocycles. The van der Waals surface area contributed by atoms with E-state index in [-0.39, 0.29) is 38.0 Å². The predicted molar refractivity (Wildman–Crippen MR) is 270 cm³/mol. The Morgan fingerprint density at radius 1 is 0.333 bits per heavy atom. The van der Waals surface area contributed by atoms with Gasteiger partial charge in [-0.2, -0.15) is 0 Å². The maximum absolute atomic E-state index is 12.7. The summed E-state index contributed by atoms with van der Waals surface area (Å²) in [5.41, 5.74) is 0. The van der Waals surface area contributed by atoms with Crippen LogP contribution in [0.25, 0.3) is 0 Å². The molecule has 0 aromatic rings. The van der Waals surface area contributed by atoms with Crippen LogP contribution in [0.3, 0.4) is 0 Å². The van der Waals surface area contributed by atoms with Gasteiger partial charge in [0.15, 0.2) is 6.10 Å². The Morgan fingerprint density at radius 2 is 0.619 bits per heavy atom. The van der Waals surface area contributed by atoms with E-state index in [0.717, 1.165) is 70.6 Å². The second-order valence-electron chi connectivity index (χ2n) is 16.7. The Labute approximate surface area is 387 Å². The molecule has 0 rings (SSSR count). The van der Waals surface area contributed by atoms with Crippen LogP contribution in [-0.2, 0) is 28.6 Å². The predicted octanol–water partition coefficient (Wildman–Crippen LogP) is 17.0. The van der Waals surface area contributed by atoms with Crippen LogP contribution < -0.4 is 0 Å². The summed E-state index contributed by atoms with van der Waals surface area (Å²) in [7, 11) is 0. The minimum Gasteiger partial charge on any atom is -0.462 e. The Hall–Kier alpha value is -3.67. The fraction of sp³-hybridized carbons (Fsp3) is 0.667. The van der Waals surface area contributed by atoms with Crippen LogP contribution in [0, 0.1) is 0 Å². The van der Waals surface area contributed by atoms with Crippen LogP contribution in [0.2, 0.25) is 0 Å². The molecule has 0 N–H and O–H groups in total. The first-order valence-corrected chi connectivity index (χ1v) is 25.7. The summed E-state index contributed by atoms with van der Waals surface area (Å²) in [6, 6.07) is 0. The van der Waals surface area contributed by atoms with Crippen LogP contribution >= 0.6 is 0 Å². The molecular weight excluding hydrogens is 781 g/mol. The van der Waals surface area contributed by atoms with E-state index in [9.17, 15) is 14.4 Å². The van der Waals surface area contributed by atoms with Crippen molar-refractivity contribution in [3.63, 3.8) is 0 Å². The number of hydrogen-bond acceptors (Lipinski definition) is 6. The molecule has 0 bridgehead atoms. The van der Waals surface area contributed by atoms with Crippen LogP contribution in [0.1, 0.15) is 226 Å². The van der Waals surface area contributed by atoms with Gasteiger partial charge >= 0.3 is 17.9 Å². The van der Waals surface area contributed by atoms with Crippen molar-refractivity contribution in [2.45, 2.75) is 232 Å². The normalized spacial score (nSPS) is 12.9. The summed E-state index contributed by atoms with van der Waals surface area (Å²) in [5.74, 6) is -1.10. The molecular formula is C57H94O6. The lowest BCUT2D eigenvalue weighted by Gasteiger charge is -2.18. The second-order valence-corrected chi connectivity index (χ2v) is 16.7. The number of hydrogen-bond donors (Lipinski definition) is 0. The highest BCUT2D eigenvalue weighted by Gasteiger charge is 2.19. The highest BCUT2D eigenvalue weighted by molar-refractivity contribution is 5.71. The van der Waals surface area contributed by atoms with Gasteiger partial charge in [-0.15, -0.1) is 0 Å². The van der Waals surface area contributed by atoms with Crippen molar-refractivity contribution in [1.82, 2.24) is 0 Å². The number of carbonyl (C=O) groups excluding carboxylic acids is 3. The van der Waals surface area contributed by atoms with E-state index in [1.807, 2.05) is 24.3 Å². The summed E-state index contributed by atoms with van der Waals surface area (Å²) >= 11 is 0. The maximum atomic E-state index is 12.7. The van der Waals surface area contributed by atoms with Gasteiger partial charge in [-0.25, -0.2) is 0 Å². The van der Waals surface area contributed by atoms with E-state index in [2.05, 4.69) is 93.7 Å². The summed E-state index contributed by atoms with van der Waals surface area (Å²) in [6.07, 6.45) is 67.2. The van der Waals surface area contributed by atoms with Crippen molar-refractivity contribution in [2.24, 2.45) is 0 Å². The molecule has 358 valence electrons. The molecule has 6 nitrogen and oxygen atoms in total. The van der Waals surface area contributed by atoms with E-state index in [0.29, 0.717) is 19.3 Å². The van der Waals surface area contributed by atoms with Crippen molar-refractivity contribution in [3.05, 3.63) is 97.2 Å². The number of allylic oxidation sites excluding steroid dienone is 16. The average molecular weight is 875 g/mol. The van der Waals surface area contributed by atoms with Gasteiger partial charge < -0.3 is 14.2 Å². The van der Waals surface area contributed by atoms with Crippen LogP contribution in [-0.4, -0.2) is 37.2 Å². The Kier molecular flexibility index (Phi) is 48.0. The number of esters is 3. The number of rotatable bonds is 45. The lowest BCUT2D eigenvalue weighted by atomic mass is 10.0. The maximum Gasteiger partial charge on any atom is 0.306 e. The third kappa shape index (κ3) is 49.2. The molecule has 0 saturated carbocycles. The smallest absolute Gasteiger partial charge is 0.306 e. The molecule has 0 aromatic carbocycles. The topological polar surface area (TPSA) is 78.9 Å². The minimum atomic E-state index is -0.842. The van der Waals surface area contributed by atoms with Crippen LogP contribution in [0.4, 0.5) is 0 Å². The van der Waals surface area contributed by atoms with Crippen LogP contribution in [0.5, 0.6) is 0 Å². The van der Waals surface area contributed by atoms with Crippen LogP contribution in [0.15, 0.2) is 97.2 Å². The van der Waals surface area contributed by atoms with Crippen molar-refractivity contribution < 1.29 is 28.6 Å². The molecule has 0 spiro atoms. The minimum absolute atomic E-state index is 0.127. The van der Waals surface area contributed by atoms with Crippen molar-refractivity contribution >= 4 is 17.9 Å². The molecule has 0 saturated heterocycles. The zero-order valence-corrected chi connectivity index (χ0v) is 40.8. The number of unbranched alkanes of at least 4 members (excludes halogenated alkanes) is 18. The van der Waals surface area contributed by atoms with E-state index in [1.54, 1.807) is 0 Å². The van der Waals surface area contributed by atoms with Gasteiger partial charge in [0.2, 0.25) is 0 Å². The fourth-order valence-corrected chi connectivity index (χ4v) is 6.82. The summed E-state index contributed by atoms with van der Waals surface area (Å²) in [5, 5.41) is 0. The lowest BCUT2D eigenvalue weighted by molar-refractivity contribution is -0.166. The van der Waals surface area contributed by atoms with Gasteiger partial charge in [0.1, 0.15) is 13.2 Å². The van der Waals surface area contributed by atoms with Crippen molar-refractivity contribution in [2.75, 3.05) is 13.2 Å². The number of ether oxygens (including phenoxy) is 3. The summed E-state index contributed by atoms with van der Waals surface area (Å²) < 4.78 is 16.6. The second kappa shape index (κ2) is 51.0. The first-order valence-electron chi connectivity index (χ1n) is 25.7. The molecule has 0 aliphatic carbocycles. The van der Waals surface area contributed by atoms with Gasteiger partial charge in [0, 0.05) is 19.3 Å². The average Bonchev–Trinajstić information content (AvgIpc) is 3.28. The third-order valence-electron chi connectivity index (χ3n) is 10.6. The molecule has 0 radical (unpaired) electrons. The van der Waals surface area contributed by atoms with E-state index in [1.165, 1.54) is 103 Å². The molecule has 0 aliphatic heterocycles. The van der Waals surface area contributed by atoms with Gasteiger partial charge in [0.25, 0.3) is 0 Å². The first-order chi connectivity index (χ1) is 31.0. The van der Waals surface area contributed by atoms with Gasteiger partial charge in [-0.1, -0.05) is 234 Å². The molecule has 0 fully saturated rings. The number of carbonyl (C=O) groups is 3. The highest BCUT2D eigenvalue weighted by Crippen LogP contribution is 2.15. The molecule has 0 amide bonds. The SMILES string of the molecule is CC/C=C\C/C=C\C/C=C\C/C=C\CCC(=O)OCC(COC(=O)CCCCCCCCCCCCCCCCCCCCC)OC(=O)CC/C=C\C/C=C\C/C=C\C/C=C\CC. The lowest BCUT2D eigenvalue weighted by Crippen LogP contribution is -2.30. The summed E-state index contributed by atoms with van der Waals surface area (Å²) in [4.78, 5) is 37.9. The van der Waals surface area contributed by atoms with E-state index >= 15 is 0 Å². The largest absolute Gasteiger partial charge is 0.462 e. The standard InChI is InChI=1S/C57H94O6/c1-4-7-10-13-16-19-22-25-26-27-28-29-30-33-35-38-41-44-47-50-56(59)62-53-54(63-57(60)51-48-45-42-39-36-32-24-21-18-15-12-9-6-3)52-61-55(58)49-46-43-40-37-34-31-23-20-17-14-11-8-5-2/h8-9,11-12,17-18,20-21,31-32,34,36,40,42-43,45,54H,4-7,10,13-16,19,22-30,33,35,37-39,41,44,46-53H2,1-3H3/b11-8-,12-9-,20-17-,21-18-,34-31-,36-32-,43-40-,45-42-. The van der Waals surface area contributed by atoms with Gasteiger partial charge in [-0.05, 0) is 70.6 Å². The molecule has 1 atom stereocenters. The molecule has 63 heavy (non-hydrogen) atoms. The first kappa shape index (κ1) is 59.3. The van der Waals surface area contributed by atoms with E-state index in [4.69, 9.17) is 14.2 Å². The van der Waals surface area contributed by atoms with E-state index < -0.39 is 12.1 Å². The summed E-state index contributed by atoms with van der Waals surface area (Å²) in [6.45, 7) is 6.28. The monoisotopic (exact) mass is 875 g/mol. The van der Waals surface area contributed by atoms with Gasteiger partial charge in [-0.3, -0.25) is 14.4 Å². The van der Waals surface area contributed by atoms with Gasteiger partial charge in [0.05, 0.1) is 0 Å². The van der Waals surface area contributed by atoms with Crippen molar-refractivity contribution in [1.29, 1.82) is 0 Å². The Morgan fingerprint density at radius 3 is 0.968 bits per heavy atom. The zero-order chi connectivity index (χ0) is 45.8. The molecule has 0 aromatic heterocycles. The third-order valence-corrected chi connectivity index (χ3v) is 10.6. The zero-order valence-electron chi connectivity index (χ0n) is 40.8. The highest BCUT2D eigenvalue weighted by atomic mass is 16.6. The molecule has 0 aliphatic rings. The molecule has 6 heteroatoms. The Bertz CT molecular complexity index is 1280.